The Kier molecular flexibility index (Phi) is 4.21. The first-order valence-corrected chi connectivity index (χ1v) is 6.03. The molecule has 0 saturated carbocycles. The molecule has 1 nitrogen and oxygen atoms in total. The molecule has 3 heteroatoms. The maximum Gasteiger partial charge on any atom is 0.127 e. The van der Waals surface area contributed by atoms with Crippen molar-refractivity contribution in [3.63, 3.8) is 0 Å². The third-order valence-electron chi connectivity index (χ3n) is 1.97. The van der Waals surface area contributed by atoms with Crippen molar-refractivity contribution < 1.29 is 4.39 Å². The van der Waals surface area contributed by atoms with Crippen LogP contribution >= 0.6 is 11.8 Å². The van der Waals surface area contributed by atoms with Crippen LogP contribution in [-0.4, -0.2) is 5.75 Å². The summed E-state index contributed by atoms with van der Waals surface area (Å²) in [6.07, 6.45) is 0. The number of nitrogens with one attached hydrogen (secondary N) is 1. The number of halogens is 1. The average molecular weight is 225 g/mol. The second-order valence-corrected chi connectivity index (χ2v) is 4.13. The minimum Gasteiger partial charge on any atom is -0.358 e. The van der Waals surface area contributed by atoms with E-state index in [-0.39, 0.29) is 5.82 Å². The van der Waals surface area contributed by atoms with Crippen LogP contribution < -0.4 is 5.32 Å². The SMILES string of the molecule is C=C1CSc2cc(F)c(C)cc2N1.CC. The van der Waals surface area contributed by atoms with Crippen molar-refractivity contribution in [2.24, 2.45) is 0 Å². The Morgan fingerprint density at radius 3 is 2.73 bits per heavy atom. The quantitative estimate of drug-likeness (QED) is 0.710. The second kappa shape index (κ2) is 5.21. The number of rotatable bonds is 0. The van der Waals surface area contributed by atoms with E-state index < -0.39 is 0 Å². The molecule has 1 N–H and O–H groups in total. The molecule has 1 heterocycles. The van der Waals surface area contributed by atoms with Gasteiger partial charge in [-0.25, -0.2) is 4.39 Å². The van der Waals surface area contributed by atoms with Crippen LogP contribution in [0.4, 0.5) is 10.1 Å². The lowest BCUT2D eigenvalue weighted by molar-refractivity contribution is 0.615. The maximum atomic E-state index is 13.1. The third kappa shape index (κ3) is 2.75. The molecule has 0 unspecified atom stereocenters. The van der Waals surface area contributed by atoms with Gasteiger partial charge in [0.2, 0.25) is 0 Å². The van der Waals surface area contributed by atoms with Crippen molar-refractivity contribution >= 4 is 17.4 Å². The summed E-state index contributed by atoms with van der Waals surface area (Å²) in [5, 5.41) is 3.15. The lowest BCUT2D eigenvalue weighted by Crippen LogP contribution is -2.07. The molecule has 0 aliphatic carbocycles. The van der Waals surface area contributed by atoms with E-state index in [0.717, 1.165) is 22.0 Å². The molecule has 1 aromatic rings. The molecule has 0 aromatic heterocycles. The maximum absolute atomic E-state index is 13.1. The lowest BCUT2D eigenvalue weighted by Gasteiger charge is -2.19. The zero-order valence-corrected chi connectivity index (χ0v) is 10.2. The molecular weight excluding hydrogens is 209 g/mol. The standard InChI is InChI=1S/C10H10FNS.C2H6/c1-6-3-9-10(4-8(6)11)13-5-7(2)12-9;1-2/h3-4,12H,2,5H2,1H3;1-2H3. The second-order valence-electron chi connectivity index (χ2n) is 3.11. The number of anilines is 1. The molecule has 0 radical (unpaired) electrons. The van der Waals surface area contributed by atoms with Gasteiger partial charge in [-0.2, -0.15) is 0 Å². The van der Waals surface area contributed by atoms with Crippen LogP contribution in [0.2, 0.25) is 0 Å². The van der Waals surface area contributed by atoms with Crippen LogP contribution in [0.1, 0.15) is 19.4 Å². The Hall–Kier alpha value is -0.960. The van der Waals surface area contributed by atoms with Crippen LogP contribution in [0.5, 0.6) is 0 Å². The predicted octanol–water partition coefficient (Wildman–Crippen LogP) is 4.19. The highest BCUT2D eigenvalue weighted by Gasteiger charge is 2.13. The molecule has 0 bridgehead atoms. The third-order valence-corrected chi connectivity index (χ3v) is 3.12. The molecule has 0 fully saturated rings. The van der Waals surface area contributed by atoms with Crippen molar-refractivity contribution in [1.29, 1.82) is 0 Å². The Labute approximate surface area is 94.8 Å². The Morgan fingerprint density at radius 1 is 1.40 bits per heavy atom. The number of hydrogen-bond donors (Lipinski definition) is 1. The summed E-state index contributed by atoms with van der Waals surface area (Å²) in [6, 6.07) is 3.40. The summed E-state index contributed by atoms with van der Waals surface area (Å²) in [5.74, 6) is 0.677. The normalized spacial score (nSPS) is 13.5. The fourth-order valence-corrected chi connectivity index (χ4v) is 2.13. The van der Waals surface area contributed by atoms with Crippen LogP contribution in [0.15, 0.2) is 29.3 Å². The van der Waals surface area contributed by atoms with Crippen molar-refractivity contribution in [2.45, 2.75) is 25.7 Å². The van der Waals surface area contributed by atoms with Gasteiger partial charge in [-0.1, -0.05) is 20.4 Å². The molecule has 15 heavy (non-hydrogen) atoms. The number of fused-ring (bicyclic) bond motifs is 1. The molecule has 1 aliphatic rings. The lowest BCUT2D eigenvalue weighted by atomic mass is 10.2. The molecular formula is C12H16FNS. The van der Waals surface area contributed by atoms with Crippen molar-refractivity contribution in [1.82, 2.24) is 0 Å². The van der Waals surface area contributed by atoms with Gasteiger partial charge in [-0.3, -0.25) is 0 Å². The highest BCUT2D eigenvalue weighted by Crippen LogP contribution is 2.35. The summed E-state index contributed by atoms with van der Waals surface area (Å²) < 4.78 is 13.1. The van der Waals surface area contributed by atoms with E-state index in [2.05, 4.69) is 11.9 Å². The molecule has 0 atom stereocenters. The summed E-state index contributed by atoms with van der Waals surface area (Å²) in [7, 11) is 0. The van der Waals surface area contributed by atoms with Crippen LogP contribution in [0.25, 0.3) is 0 Å². The van der Waals surface area contributed by atoms with E-state index in [9.17, 15) is 4.39 Å². The average Bonchev–Trinajstić information content (AvgIpc) is 2.23. The van der Waals surface area contributed by atoms with Crippen molar-refractivity contribution in [3.8, 4) is 0 Å². The van der Waals surface area contributed by atoms with Gasteiger partial charge in [0.05, 0.1) is 5.69 Å². The highest BCUT2D eigenvalue weighted by atomic mass is 32.2. The number of thioether (sulfide) groups is 1. The Morgan fingerprint density at radius 2 is 2.07 bits per heavy atom. The molecule has 82 valence electrons. The van der Waals surface area contributed by atoms with Crippen molar-refractivity contribution in [2.75, 3.05) is 11.1 Å². The van der Waals surface area contributed by atoms with E-state index in [4.69, 9.17) is 0 Å². The predicted molar refractivity (Wildman–Crippen MR) is 66.0 cm³/mol. The molecule has 0 saturated heterocycles. The van der Waals surface area contributed by atoms with E-state index in [1.807, 2.05) is 19.9 Å². The zero-order chi connectivity index (χ0) is 11.4. The number of aryl methyl sites for hydroxylation is 1. The molecule has 0 amide bonds. The highest BCUT2D eigenvalue weighted by molar-refractivity contribution is 7.99. The minimum absolute atomic E-state index is 0.138. The van der Waals surface area contributed by atoms with Crippen LogP contribution in [0, 0.1) is 12.7 Å². The van der Waals surface area contributed by atoms with E-state index in [0.29, 0.717) is 5.56 Å². The van der Waals surface area contributed by atoms with Gasteiger partial charge in [0.25, 0.3) is 0 Å². The summed E-state index contributed by atoms with van der Waals surface area (Å²) >= 11 is 1.62. The molecule has 2 rings (SSSR count). The first kappa shape index (κ1) is 12.1. The first-order valence-electron chi connectivity index (χ1n) is 5.04. The van der Waals surface area contributed by atoms with Gasteiger partial charge in [-0.05, 0) is 24.6 Å². The van der Waals surface area contributed by atoms with E-state index in [1.54, 1.807) is 24.8 Å². The molecule has 1 aromatic carbocycles. The summed E-state index contributed by atoms with van der Waals surface area (Å²) in [5.41, 5.74) is 2.62. The molecule has 0 spiro atoms. The number of hydrogen-bond acceptors (Lipinski definition) is 2. The summed E-state index contributed by atoms with van der Waals surface area (Å²) in [4.78, 5) is 0.968. The molecule has 1 aliphatic heterocycles. The Bertz CT molecular complexity index is 374. The fourth-order valence-electron chi connectivity index (χ4n) is 1.27. The monoisotopic (exact) mass is 225 g/mol. The fraction of sp³-hybridized carbons (Fsp3) is 0.333. The number of benzene rings is 1. The topological polar surface area (TPSA) is 12.0 Å². The summed E-state index contributed by atoms with van der Waals surface area (Å²) in [6.45, 7) is 9.60. The van der Waals surface area contributed by atoms with Gasteiger partial charge in [0, 0.05) is 16.3 Å². The Balaban J connectivity index is 0.000000531. The first-order chi connectivity index (χ1) is 7.16. The zero-order valence-electron chi connectivity index (χ0n) is 9.36. The van der Waals surface area contributed by atoms with Gasteiger partial charge in [-0.15, -0.1) is 11.8 Å². The van der Waals surface area contributed by atoms with Crippen LogP contribution in [0.3, 0.4) is 0 Å². The largest absolute Gasteiger partial charge is 0.358 e. The van der Waals surface area contributed by atoms with Crippen molar-refractivity contribution in [3.05, 3.63) is 35.8 Å². The van der Waals surface area contributed by atoms with Gasteiger partial charge >= 0.3 is 0 Å². The van der Waals surface area contributed by atoms with E-state index in [1.165, 1.54) is 0 Å². The minimum atomic E-state index is -0.138. The van der Waals surface area contributed by atoms with E-state index >= 15 is 0 Å². The smallest absolute Gasteiger partial charge is 0.127 e. The van der Waals surface area contributed by atoms with Gasteiger partial charge in [0.1, 0.15) is 5.82 Å². The van der Waals surface area contributed by atoms with Gasteiger partial charge in [0.15, 0.2) is 0 Å². The van der Waals surface area contributed by atoms with Crippen LogP contribution in [-0.2, 0) is 0 Å². The van der Waals surface area contributed by atoms with Gasteiger partial charge < -0.3 is 5.32 Å².